The zero-order chi connectivity index (χ0) is 16.1. The van der Waals surface area contributed by atoms with Gasteiger partial charge in [-0.1, -0.05) is 35.9 Å². The third-order valence-corrected chi connectivity index (χ3v) is 3.72. The van der Waals surface area contributed by atoms with Crippen molar-refractivity contribution in [2.24, 2.45) is 0 Å². The lowest BCUT2D eigenvalue weighted by Crippen LogP contribution is -2.33. The molecule has 0 spiro atoms. The van der Waals surface area contributed by atoms with Crippen LogP contribution in [0, 0.1) is 0 Å². The zero-order valence-electron chi connectivity index (χ0n) is 12.4. The lowest BCUT2D eigenvalue weighted by molar-refractivity contribution is -0.688. The van der Waals surface area contributed by atoms with Crippen LogP contribution < -0.4 is 9.88 Å². The Labute approximate surface area is 140 Å². The Kier molecular flexibility index (Phi) is 4.69. The number of hydrogen-bond donors (Lipinski definition) is 1. The van der Waals surface area contributed by atoms with Crippen LogP contribution in [0.25, 0.3) is 0 Å². The maximum absolute atomic E-state index is 12.4. The second-order valence-corrected chi connectivity index (χ2v) is 5.61. The molecule has 114 valence electrons. The molecule has 0 aliphatic rings. The molecule has 3 aromatic rings. The zero-order valence-corrected chi connectivity index (χ0v) is 13.2. The molecule has 1 amide bonds. The monoisotopic (exact) mass is 323 g/mol. The van der Waals surface area contributed by atoms with Gasteiger partial charge in [0.2, 0.25) is 0 Å². The summed E-state index contributed by atoms with van der Waals surface area (Å²) in [6, 6.07) is 20.6. The van der Waals surface area contributed by atoms with Crippen molar-refractivity contribution in [2.75, 3.05) is 5.32 Å². The summed E-state index contributed by atoms with van der Waals surface area (Å²) in [5, 5.41) is 3.54. The number of anilines is 1. The quantitative estimate of drug-likeness (QED) is 0.725. The van der Waals surface area contributed by atoms with Crippen molar-refractivity contribution in [1.82, 2.24) is 0 Å². The van der Waals surface area contributed by atoms with Gasteiger partial charge in [-0.2, -0.15) is 0 Å². The fourth-order valence-electron chi connectivity index (χ4n) is 2.32. The van der Waals surface area contributed by atoms with E-state index in [0.717, 1.165) is 11.3 Å². The lowest BCUT2D eigenvalue weighted by atomic mass is 10.1. The molecule has 4 heteroatoms. The van der Waals surface area contributed by atoms with Gasteiger partial charge in [-0.25, -0.2) is 4.57 Å². The minimum Gasteiger partial charge on any atom is -0.321 e. The molecule has 3 rings (SSSR count). The Hall–Kier alpha value is -2.65. The number of carbonyl (C=O) groups is 1. The highest BCUT2D eigenvalue weighted by atomic mass is 35.5. The van der Waals surface area contributed by atoms with E-state index < -0.39 is 0 Å². The summed E-state index contributed by atoms with van der Waals surface area (Å²) in [6.07, 6.45) is 3.97. The third-order valence-electron chi connectivity index (χ3n) is 3.49. The minimum atomic E-state index is -0.146. The smallest absolute Gasteiger partial charge is 0.255 e. The number of nitrogens with zero attached hydrogens (tertiary/aromatic N) is 1. The van der Waals surface area contributed by atoms with Gasteiger partial charge in [0.25, 0.3) is 5.91 Å². The van der Waals surface area contributed by atoms with Crippen LogP contribution in [0.2, 0.25) is 5.02 Å². The van der Waals surface area contributed by atoms with Gasteiger partial charge in [-0.3, -0.25) is 4.79 Å². The summed E-state index contributed by atoms with van der Waals surface area (Å²) in [7, 11) is 0. The average molecular weight is 324 g/mol. The number of benzene rings is 2. The van der Waals surface area contributed by atoms with Gasteiger partial charge >= 0.3 is 0 Å². The summed E-state index contributed by atoms with van der Waals surface area (Å²) in [4.78, 5) is 12.4. The van der Waals surface area contributed by atoms with E-state index in [1.165, 1.54) is 0 Å². The predicted molar refractivity (Wildman–Crippen MR) is 91.6 cm³/mol. The molecular weight excluding hydrogens is 308 g/mol. The van der Waals surface area contributed by atoms with Crippen molar-refractivity contribution < 1.29 is 9.36 Å². The summed E-state index contributed by atoms with van der Waals surface area (Å²) >= 11 is 6.09. The summed E-state index contributed by atoms with van der Waals surface area (Å²) in [6.45, 7) is 0.655. The molecule has 0 unspecified atom stereocenters. The van der Waals surface area contributed by atoms with Gasteiger partial charge in [0, 0.05) is 28.3 Å². The first-order valence-electron chi connectivity index (χ1n) is 7.31. The van der Waals surface area contributed by atoms with Crippen LogP contribution in [0.15, 0.2) is 79.1 Å². The van der Waals surface area contributed by atoms with Crippen LogP contribution in [0.5, 0.6) is 0 Å². The summed E-state index contributed by atoms with van der Waals surface area (Å²) < 4.78 is 2.04. The first-order valence-corrected chi connectivity index (χ1v) is 7.69. The highest BCUT2D eigenvalue weighted by Crippen LogP contribution is 2.21. The van der Waals surface area contributed by atoms with E-state index >= 15 is 0 Å². The van der Waals surface area contributed by atoms with E-state index in [-0.39, 0.29) is 5.91 Å². The molecule has 0 saturated carbocycles. The number of amides is 1. The molecule has 0 bridgehead atoms. The Morgan fingerprint density at radius 2 is 1.65 bits per heavy atom. The number of hydrogen-bond acceptors (Lipinski definition) is 1. The number of aromatic nitrogens is 1. The molecule has 0 aliphatic heterocycles. The Balaban J connectivity index is 1.86. The van der Waals surface area contributed by atoms with Gasteiger partial charge in [0.15, 0.2) is 18.9 Å². The van der Waals surface area contributed by atoms with Crippen LogP contribution in [0.4, 0.5) is 5.69 Å². The molecule has 1 N–H and O–H groups in total. The van der Waals surface area contributed by atoms with Crippen molar-refractivity contribution in [3.8, 4) is 0 Å². The first kappa shape index (κ1) is 15.3. The summed E-state index contributed by atoms with van der Waals surface area (Å²) in [5.41, 5.74) is 2.34. The number of rotatable bonds is 4. The van der Waals surface area contributed by atoms with Gasteiger partial charge in [0.05, 0.1) is 5.69 Å². The first-order chi connectivity index (χ1) is 11.2. The van der Waals surface area contributed by atoms with Crippen molar-refractivity contribution in [3.63, 3.8) is 0 Å². The molecule has 1 heterocycles. The molecule has 0 radical (unpaired) electrons. The molecule has 0 saturated heterocycles. The topological polar surface area (TPSA) is 33.0 Å². The highest BCUT2D eigenvalue weighted by molar-refractivity contribution is 6.31. The van der Waals surface area contributed by atoms with Gasteiger partial charge in [0.1, 0.15) is 0 Å². The van der Waals surface area contributed by atoms with Crippen LogP contribution >= 0.6 is 11.6 Å². The standard InChI is InChI=1S/C19H15ClN2O/c20-17-10-9-16(14-22-11-5-2-6-12-22)18(13-17)21-19(23)15-7-3-1-4-8-15/h1-13H,14H2/p+1. The molecule has 3 nitrogen and oxygen atoms in total. The van der Waals surface area contributed by atoms with E-state index in [1.807, 2.05) is 65.5 Å². The molecule has 0 atom stereocenters. The third kappa shape index (κ3) is 3.96. The number of nitrogens with one attached hydrogen (secondary N) is 1. The second-order valence-electron chi connectivity index (χ2n) is 5.17. The molecule has 0 fully saturated rings. The van der Waals surface area contributed by atoms with Crippen molar-refractivity contribution >= 4 is 23.2 Å². The molecule has 0 aliphatic carbocycles. The van der Waals surface area contributed by atoms with Crippen LogP contribution in [-0.4, -0.2) is 5.91 Å². The highest BCUT2D eigenvalue weighted by Gasteiger charge is 2.12. The van der Waals surface area contributed by atoms with E-state index in [4.69, 9.17) is 11.6 Å². The minimum absolute atomic E-state index is 0.146. The normalized spacial score (nSPS) is 10.3. The second kappa shape index (κ2) is 7.07. The molecular formula is C19H16ClN2O+. The van der Waals surface area contributed by atoms with Crippen molar-refractivity contribution in [3.05, 3.63) is 95.3 Å². The fourth-order valence-corrected chi connectivity index (χ4v) is 2.50. The largest absolute Gasteiger partial charge is 0.321 e. The van der Waals surface area contributed by atoms with Crippen LogP contribution in [0.3, 0.4) is 0 Å². The molecule has 2 aromatic carbocycles. The van der Waals surface area contributed by atoms with E-state index in [1.54, 1.807) is 18.2 Å². The Bertz CT molecular complexity index is 804. The van der Waals surface area contributed by atoms with Crippen LogP contribution in [0.1, 0.15) is 15.9 Å². The maximum Gasteiger partial charge on any atom is 0.255 e. The molecule has 1 aromatic heterocycles. The number of halogens is 1. The fraction of sp³-hybridized carbons (Fsp3) is 0.0526. The Morgan fingerprint density at radius 1 is 0.957 bits per heavy atom. The van der Waals surface area contributed by atoms with Gasteiger partial charge < -0.3 is 5.32 Å². The summed E-state index contributed by atoms with van der Waals surface area (Å²) in [5.74, 6) is -0.146. The SMILES string of the molecule is O=C(Nc1cc(Cl)ccc1C[n+]1ccccc1)c1ccccc1. The Morgan fingerprint density at radius 3 is 2.39 bits per heavy atom. The van der Waals surface area contributed by atoms with Crippen LogP contribution in [-0.2, 0) is 6.54 Å². The lowest BCUT2D eigenvalue weighted by Gasteiger charge is -2.10. The van der Waals surface area contributed by atoms with E-state index in [0.29, 0.717) is 17.1 Å². The van der Waals surface area contributed by atoms with E-state index in [2.05, 4.69) is 5.32 Å². The van der Waals surface area contributed by atoms with Gasteiger partial charge in [-0.05, 0) is 30.3 Å². The van der Waals surface area contributed by atoms with Crippen molar-refractivity contribution in [2.45, 2.75) is 6.54 Å². The van der Waals surface area contributed by atoms with Gasteiger partial charge in [-0.15, -0.1) is 0 Å². The van der Waals surface area contributed by atoms with Crippen molar-refractivity contribution in [1.29, 1.82) is 0 Å². The number of pyridine rings is 1. The number of carbonyl (C=O) groups excluding carboxylic acids is 1. The average Bonchev–Trinajstić information content (AvgIpc) is 2.59. The predicted octanol–water partition coefficient (Wildman–Crippen LogP) is 3.93. The maximum atomic E-state index is 12.4. The molecule has 23 heavy (non-hydrogen) atoms. The van der Waals surface area contributed by atoms with E-state index in [9.17, 15) is 4.79 Å².